The van der Waals surface area contributed by atoms with Crippen LogP contribution < -0.4 is 4.74 Å². The van der Waals surface area contributed by atoms with E-state index >= 15 is 0 Å². The van der Waals surface area contributed by atoms with Crippen LogP contribution >= 0.6 is 15.9 Å². The van der Waals surface area contributed by atoms with E-state index in [1.807, 2.05) is 42.7 Å². The van der Waals surface area contributed by atoms with E-state index in [1.54, 1.807) is 13.3 Å². The molecule has 4 heteroatoms. The first-order valence-corrected chi connectivity index (χ1v) is 6.34. The van der Waals surface area contributed by atoms with Crippen LogP contribution in [0.2, 0.25) is 0 Å². The van der Waals surface area contributed by atoms with Crippen molar-refractivity contribution in [3.8, 4) is 11.4 Å². The Morgan fingerprint density at radius 3 is 2.67 bits per heavy atom. The van der Waals surface area contributed by atoms with E-state index in [9.17, 15) is 0 Å². The number of hydrogen-bond donors (Lipinski definition) is 0. The summed E-state index contributed by atoms with van der Waals surface area (Å²) in [5, 5.41) is 1.15. The Hall–Kier alpha value is -1.81. The van der Waals surface area contributed by atoms with Crippen LogP contribution in [-0.2, 0) is 0 Å². The molecule has 0 aliphatic heterocycles. The van der Waals surface area contributed by atoms with Crippen molar-refractivity contribution in [2.75, 3.05) is 7.11 Å². The van der Waals surface area contributed by atoms with Crippen molar-refractivity contribution < 1.29 is 4.74 Å². The highest BCUT2D eigenvalue weighted by atomic mass is 79.9. The molecule has 0 unspecified atom stereocenters. The van der Waals surface area contributed by atoms with Gasteiger partial charge in [0.15, 0.2) is 0 Å². The largest absolute Gasteiger partial charge is 0.497 e. The van der Waals surface area contributed by atoms with Crippen molar-refractivity contribution in [1.82, 2.24) is 9.55 Å². The number of aromatic nitrogens is 2. The van der Waals surface area contributed by atoms with E-state index in [2.05, 4.69) is 25.5 Å². The van der Waals surface area contributed by atoms with Gasteiger partial charge in [0.1, 0.15) is 5.75 Å². The molecule has 90 valence electrons. The quantitative estimate of drug-likeness (QED) is 0.720. The summed E-state index contributed by atoms with van der Waals surface area (Å²) in [6.07, 6.45) is 5.71. The fourth-order valence-corrected chi connectivity index (χ4v) is 2.53. The molecule has 0 bridgehead atoms. The van der Waals surface area contributed by atoms with E-state index in [-0.39, 0.29) is 0 Å². The monoisotopic (exact) mass is 302 g/mol. The number of rotatable bonds is 2. The molecule has 1 aromatic carbocycles. The lowest BCUT2D eigenvalue weighted by Gasteiger charge is -2.06. The molecule has 18 heavy (non-hydrogen) atoms. The molecule has 0 aliphatic rings. The summed E-state index contributed by atoms with van der Waals surface area (Å²) in [7, 11) is 1.67. The van der Waals surface area contributed by atoms with Crippen LogP contribution in [0, 0.1) is 0 Å². The number of halogens is 1. The normalized spacial score (nSPS) is 10.8. The first kappa shape index (κ1) is 11.3. The summed E-state index contributed by atoms with van der Waals surface area (Å²) < 4.78 is 8.34. The molecule has 0 aliphatic carbocycles. The Morgan fingerprint density at radius 1 is 1.17 bits per heavy atom. The lowest BCUT2D eigenvalue weighted by atomic mass is 10.3. The standard InChI is InChI=1S/C14H11BrN2O/c1-18-11-4-2-10(3-5-11)17-9-13(15)12-6-7-16-8-14(12)17/h2-9H,1H3. The first-order valence-electron chi connectivity index (χ1n) is 5.54. The number of methoxy groups -OCH3 is 1. The third-order valence-electron chi connectivity index (χ3n) is 2.91. The highest BCUT2D eigenvalue weighted by Gasteiger charge is 2.07. The van der Waals surface area contributed by atoms with Crippen molar-refractivity contribution in [3.63, 3.8) is 0 Å². The second kappa shape index (κ2) is 4.46. The second-order valence-electron chi connectivity index (χ2n) is 3.94. The number of fused-ring (bicyclic) bond motifs is 1. The Morgan fingerprint density at radius 2 is 1.94 bits per heavy atom. The molecule has 3 nitrogen and oxygen atoms in total. The van der Waals surface area contributed by atoms with Crippen LogP contribution in [0.25, 0.3) is 16.6 Å². The van der Waals surface area contributed by atoms with Gasteiger partial charge in [0.2, 0.25) is 0 Å². The van der Waals surface area contributed by atoms with Crippen molar-refractivity contribution in [2.45, 2.75) is 0 Å². The zero-order valence-electron chi connectivity index (χ0n) is 9.80. The Balaban J connectivity index is 2.18. The van der Waals surface area contributed by atoms with Crippen LogP contribution in [0.5, 0.6) is 5.75 Å². The lowest BCUT2D eigenvalue weighted by molar-refractivity contribution is 0.415. The molecule has 2 aromatic heterocycles. The summed E-state index contributed by atoms with van der Waals surface area (Å²) in [5.41, 5.74) is 2.16. The maximum absolute atomic E-state index is 5.17. The van der Waals surface area contributed by atoms with Crippen LogP contribution in [0.15, 0.2) is 53.4 Å². The van der Waals surface area contributed by atoms with Crippen LogP contribution in [0.3, 0.4) is 0 Å². The average Bonchev–Trinajstić information content (AvgIpc) is 2.77. The average molecular weight is 303 g/mol. The number of hydrogen-bond acceptors (Lipinski definition) is 2. The van der Waals surface area contributed by atoms with Gasteiger partial charge in [-0.2, -0.15) is 0 Å². The number of benzene rings is 1. The molecule has 0 saturated heterocycles. The summed E-state index contributed by atoms with van der Waals surface area (Å²) in [6, 6.07) is 9.95. The van der Waals surface area contributed by atoms with Gasteiger partial charge in [-0.1, -0.05) is 0 Å². The van der Waals surface area contributed by atoms with Gasteiger partial charge in [0, 0.05) is 27.9 Å². The van der Waals surface area contributed by atoms with Crippen molar-refractivity contribution >= 4 is 26.8 Å². The van der Waals surface area contributed by atoms with E-state index < -0.39 is 0 Å². The Bertz CT molecular complexity index is 689. The van der Waals surface area contributed by atoms with E-state index in [0.29, 0.717) is 0 Å². The Labute approximate surface area is 113 Å². The molecule has 3 rings (SSSR count). The minimum absolute atomic E-state index is 0.854. The van der Waals surface area contributed by atoms with E-state index in [4.69, 9.17) is 4.74 Å². The molecule has 0 fully saturated rings. The van der Waals surface area contributed by atoms with Gasteiger partial charge >= 0.3 is 0 Å². The summed E-state index contributed by atoms with van der Waals surface area (Å²) >= 11 is 3.57. The van der Waals surface area contributed by atoms with Gasteiger partial charge in [-0.25, -0.2) is 0 Å². The van der Waals surface area contributed by atoms with Gasteiger partial charge in [0.25, 0.3) is 0 Å². The topological polar surface area (TPSA) is 27.1 Å². The Kier molecular flexibility index (Phi) is 2.80. The minimum Gasteiger partial charge on any atom is -0.497 e. The van der Waals surface area contributed by atoms with E-state index in [1.165, 1.54) is 0 Å². The molecule has 2 heterocycles. The van der Waals surface area contributed by atoms with Crippen LogP contribution in [-0.4, -0.2) is 16.7 Å². The summed E-state index contributed by atoms with van der Waals surface area (Å²) in [4.78, 5) is 4.18. The van der Waals surface area contributed by atoms with E-state index in [0.717, 1.165) is 26.8 Å². The molecule has 3 aromatic rings. The van der Waals surface area contributed by atoms with Crippen molar-refractivity contribution in [1.29, 1.82) is 0 Å². The molecule has 0 amide bonds. The van der Waals surface area contributed by atoms with Crippen molar-refractivity contribution in [2.24, 2.45) is 0 Å². The number of ether oxygens (including phenoxy) is 1. The fraction of sp³-hybridized carbons (Fsp3) is 0.0714. The summed E-state index contributed by atoms with van der Waals surface area (Å²) in [5.74, 6) is 0.854. The molecular formula is C14H11BrN2O. The van der Waals surface area contributed by atoms with Gasteiger partial charge in [0.05, 0.1) is 18.8 Å². The predicted octanol–water partition coefficient (Wildman–Crippen LogP) is 3.80. The van der Waals surface area contributed by atoms with Gasteiger partial charge in [-0.05, 0) is 46.3 Å². The second-order valence-corrected chi connectivity index (χ2v) is 4.79. The van der Waals surface area contributed by atoms with Crippen LogP contribution in [0.4, 0.5) is 0 Å². The number of nitrogens with zero attached hydrogens (tertiary/aromatic N) is 2. The minimum atomic E-state index is 0.854. The maximum atomic E-state index is 5.17. The highest BCUT2D eigenvalue weighted by Crippen LogP contribution is 2.28. The first-order chi connectivity index (χ1) is 8.79. The number of pyridine rings is 1. The molecule has 0 spiro atoms. The zero-order valence-corrected chi connectivity index (χ0v) is 11.4. The fourth-order valence-electron chi connectivity index (χ4n) is 1.99. The van der Waals surface area contributed by atoms with Gasteiger partial charge in [-0.3, -0.25) is 4.98 Å². The van der Waals surface area contributed by atoms with Crippen molar-refractivity contribution in [3.05, 3.63) is 53.4 Å². The highest BCUT2D eigenvalue weighted by molar-refractivity contribution is 9.10. The zero-order chi connectivity index (χ0) is 12.5. The molecule has 0 N–H and O–H groups in total. The predicted molar refractivity (Wildman–Crippen MR) is 75.3 cm³/mol. The third kappa shape index (κ3) is 1.78. The third-order valence-corrected chi connectivity index (χ3v) is 3.54. The molecule has 0 atom stereocenters. The maximum Gasteiger partial charge on any atom is 0.119 e. The molecular weight excluding hydrogens is 292 g/mol. The molecule has 0 radical (unpaired) electrons. The van der Waals surface area contributed by atoms with Gasteiger partial charge < -0.3 is 9.30 Å². The smallest absolute Gasteiger partial charge is 0.119 e. The SMILES string of the molecule is COc1ccc(-n2cc(Br)c3ccncc32)cc1. The van der Waals surface area contributed by atoms with Crippen LogP contribution in [0.1, 0.15) is 0 Å². The van der Waals surface area contributed by atoms with Gasteiger partial charge in [-0.15, -0.1) is 0 Å². The summed E-state index contributed by atoms with van der Waals surface area (Å²) in [6.45, 7) is 0. The molecule has 0 saturated carbocycles. The lowest BCUT2D eigenvalue weighted by Crippen LogP contribution is -1.92.